The molecule has 3 aromatic rings. The summed E-state index contributed by atoms with van der Waals surface area (Å²) in [4.78, 5) is 6.71. The summed E-state index contributed by atoms with van der Waals surface area (Å²) in [6.45, 7) is 4.08. The van der Waals surface area contributed by atoms with E-state index in [9.17, 15) is 0 Å². The minimum absolute atomic E-state index is 0.828. The highest BCUT2D eigenvalue weighted by atomic mass is 15.3. The van der Waals surface area contributed by atoms with E-state index >= 15 is 0 Å². The lowest BCUT2D eigenvalue weighted by Gasteiger charge is -2.19. The molecule has 5 heteroatoms. The fraction of sp³-hybridized carbons (Fsp3) is 0.333. The van der Waals surface area contributed by atoms with Crippen molar-refractivity contribution in [1.82, 2.24) is 20.1 Å². The topological polar surface area (TPSA) is 46.0 Å². The van der Waals surface area contributed by atoms with E-state index in [0.717, 1.165) is 43.9 Å². The van der Waals surface area contributed by atoms with Gasteiger partial charge in [-0.3, -0.25) is 9.67 Å². The summed E-state index contributed by atoms with van der Waals surface area (Å²) in [5.74, 6) is 0. The third-order valence-corrected chi connectivity index (χ3v) is 4.92. The van der Waals surface area contributed by atoms with Crippen LogP contribution in [0.25, 0.3) is 11.3 Å². The van der Waals surface area contributed by atoms with Crippen molar-refractivity contribution in [2.24, 2.45) is 7.05 Å². The number of pyridine rings is 1. The summed E-state index contributed by atoms with van der Waals surface area (Å²) in [5, 5.41) is 8.17. The van der Waals surface area contributed by atoms with E-state index in [1.807, 2.05) is 24.0 Å². The maximum absolute atomic E-state index is 4.60. The average molecular weight is 347 g/mol. The zero-order valence-electron chi connectivity index (χ0n) is 15.2. The number of anilines is 1. The Morgan fingerprint density at radius 1 is 1.15 bits per heavy atom. The molecule has 0 amide bonds. The monoisotopic (exact) mass is 347 g/mol. The fourth-order valence-electron chi connectivity index (χ4n) is 3.67. The van der Waals surface area contributed by atoms with E-state index in [-0.39, 0.29) is 0 Å². The van der Waals surface area contributed by atoms with Crippen LogP contribution in [0.15, 0.2) is 55.0 Å². The predicted molar refractivity (Wildman–Crippen MR) is 105 cm³/mol. The van der Waals surface area contributed by atoms with Crippen LogP contribution in [-0.4, -0.2) is 34.4 Å². The second-order valence-corrected chi connectivity index (χ2v) is 6.81. The first-order valence-electron chi connectivity index (χ1n) is 9.28. The lowest BCUT2D eigenvalue weighted by molar-refractivity contribution is 0.638. The first-order chi connectivity index (χ1) is 12.8. The van der Waals surface area contributed by atoms with Gasteiger partial charge in [-0.05, 0) is 43.1 Å². The van der Waals surface area contributed by atoms with Crippen LogP contribution in [0.5, 0.6) is 0 Å². The van der Waals surface area contributed by atoms with Crippen molar-refractivity contribution in [3.63, 3.8) is 0 Å². The first kappa shape index (κ1) is 16.8. The SMILES string of the molecule is Cn1cc(CNCCCN2CCc3ccccc32)c(-c2cccnc2)n1. The Bertz CT molecular complexity index is 856. The summed E-state index contributed by atoms with van der Waals surface area (Å²) in [6.07, 6.45) is 8.06. The normalized spacial score (nSPS) is 13.2. The molecule has 0 atom stereocenters. The maximum Gasteiger partial charge on any atom is 0.0983 e. The molecule has 0 spiro atoms. The Kier molecular flexibility index (Phi) is 4.97. The molecular formula is C21H25N5. The molecule has 1 N–H and O–H groups in total. The molecule has 1 aliphatic rings. The van der Waals surface area contributed by atoms with Crippen LogP contribution in [0.2, 0.25) is 0 Å². The molecule has 0 aliphatic carbocycles. The van der Waals surface area contributed by atoms with Crippen LogP contribution in [-0.2, 0) is 20.0 Å². The molecule has 0 saturated carbocycles. The Hall–Kier alpha value is -2.66. The number of nitrogens with one attached hydrogen (secondary N) is 1. The first-order valence-corrected chi connectivity index (χ1v) is 9.28. The smallest absolute Gasteiger partial charge is 0.0983 e. The van der Waals surface area contributed by atoms with Gasteiger partial charge < -0.3 is 10.2 Å². The number of rotatable bonds is 7. The zero-order valence-corrected chi connectivity index (χ0v) is 15.2. The Morgan fingerprint density at radius 2 is 2.08 bits per heavy atom. The Balaban J connectivity index is 1.29. The van der Waals surface area contributed by atoms with Crippen molar-refractivity contribution >= 4 is 5.69 Å². The fourth-order valence-corrected chi connectivity index (χ4v) is 3.67. The zero-order chi connectivity index (χ0) is 17.8. The van der Waals surface area contributed by atoms with Crippen LogP contribution in [0.1, 0.15) is 17.5 Å². The number of hydrogen-bond donors (Lipinski definition) is 1. The van der Waals surface area contributed by atoms with Gasteiger partial charge in [-0.25, -0.2) is 0 Å². The Labute approximate surface area is 154 Å². The number of hydrogen-bond acceptors (Lipinski definition) is 4. The van der Waals surface area contributed by atoms with E-state index in [1.165, 1.54) is 23.2 Å². The average Bonchev–Trinajstić information content (AvgIpc) is 3.26. The van der Waals surface area contributed by atoms with Crippen molar-refractivity contribution in [3.8, 4) is 11.3 Å². The molecule has 0 saturated heterocycles. The molecule has 0 fully saturated rings. The third kappa shape index (κ3) is 3.63. The van der Waals surface area contributed by atoms with E-state index < -0.39 is 0 Å². The summed E-state index contributed by atoms with van der Waals surface area (Å²) in [7, 11) is 1.97. The van der Waals surface area contributed by atoms with Crippen LogP contribution < -0.4 is 10.2 Å². The number of fused-ring (bicyclic) bond motifs is 1. The highest BCUT2D eigenvalue weighted by molar-refractivity contribution is 5.61. The molecule has 3 heterocycles. The minimum Gasteiger partial charge on any atom is -0.371 e. The molecule has 2 aromatic heterocycles. The quantitative estimate of drug-likeness (QED) is 0.668. The largest absolute Gasteiger partial charge is 0.371 e. The Morgan fingerprint density at radius 3 is 2.96 bits per heavy atom. The van der Waals surface area contributed by atoms with Crippen molar-refractivity contribution in [1.29, 1.82) is 0 Å². The molecule has 0 unspecified atom stereocenters. The van der Waals surface area contributed by atoms with Gasteiger partial charge in [0.15, 0.2) is 0 Å². The van der Waals surface area contributed by atoms with E-state index in [0.29, 0.717) is 0 Å². The van der Waals surface area contributed by atoms with Gasteiger partial charge in [-0.1, -0.05) is 18.2 Å². The number of para-hydroxylation sites is 1. The number of aromatic nitrogens is 3. The number of nitrogens with zero attached hydrogens (tertiary/aromatic N) is 4. The van der Waals surface area contributed by atoms with Gasteiger partial charge in [0.05, 0.1) is 5.69 Å². The molecular weight excluding hydrogens is 322 g/mol. The van der Waals surface area contributed by atoms with Gasteiger partial charge in [0.25, 0.3) is 0 Å². The van der Waals surface area contributed by atoms with Gasteiger partial charge in [0.1, 0.15) is 0 Å². The predicted octanol–water partition coefficient (Wildman–Crippen LogP) is 3.02. The van der Waals surface area contributed by atoms with Crippen molar-refractivity contribution in [2.75, 3.05) is 24.5 Å². The van der Waals surface area contributed by atoms with Crippen LogP contribution >= 0.6 is 0 Å². The lowest BCUT2D eigenvalue weighted by Crippen LogP contribution is -2.25. The standard InChI is InChI=1S/C21H25N5/c1-25-16-19(21(24-25)18-7-4-10-22-14-18)15-23-11-5-12-26-13-9-17-6-2-3-8-20(17)26/h2-4,6-8,10,14,16,23H,5,9,11-13,15H2,1H3. The van der Waals surface area contributed by atoms with Crippen LogP contribution in [0.3, 0.4) is 0 Å². The van der Waals surface area contributed by atoms with Crippen molar-refractivity contribution in [2.45, 2.75) is 19.4 Å². The lowest BCUT2D eigenvalue weighted by atomic mass is 10.1. The second kappa shape index (κ2) is 7.70. The molecule has 5 nitrogen and oxygen atoms in total. The second-order valence-electron chi connectivity index (χ2n) is 6.81. The van der Waals surface area contributed by atoms with Gasteiger partial charge in [0.2, 0.25) is 0 Å². The van der Waals surface area contributed by atoms with Crippen LogP contribution in [0, 0.1) is 0 Å². The van der Waals surface area contributed by atoms with E-state index in [4.69, 9.17) is 0 Å². The number of benzene rings is 1. The summed E-state index contributed by atoms with van der Waals surface area (Å²) >= 11 is 0. The third-order valence-electron chi connectivity index (χ3n) is 4.92. The summed E-state index contributed by atoms with van der Waals surface area (Å²) < 4.78 is 1.88. The van der Waals surface area contributed by atoms with E-state index in [1.54, 1.807) is 6.20 Å². The molecule has 26 heavy (non-hydrogen) atoms. The minimum atomic E-state index is 0.828. The van der Waals surface area contributed by atoms with Gasteiger partial charge >= 0.3 is 0 Å². The van der Waals surface area contributed by atoms with Crippen molar-refractivity contribution < 1.29 is 0 Å². The van der Waals surface area contributed by atoms with Crippen molar-refractivity contribution in [3.05, 3.63) is 66.1 Å². The molecule has 0 radical (unpaired) electrons. The van der Waals surface area contributed by atoms with Gasteiger partial charge in [0, 0.05) is 62.1 Å². The van der Waals surface area contributed by atoms with Gasteiger partial charge in [-0.2, -0.15) is 5.10 Å². The molecule has 134 valence electrons. The highest BCUT2D eigenvalue weighted by Crippen LogP contribution is 2.27. The van der Waals surface area contributed by atoms with E-state index in [2.05, 4.69) is 56.8 Å². The molecule has 1 aliphatic heterocycles. The molecule has 4 rings (SSSR count). The number of aryl methyl sites for hydroxylation is 1. The van der Waals surface area contributed by atoms with Gasteiger partial charge in [-0.15, -0.1) is 0 Å². The summed E-state index contributed by atoms with van der Waals surface area (Å²) in [5.41, 5.74) is 6.20. The molecule has 1 aromatic carbocycles. The highest BCUT2D eigenvalue weighted by Gasteiger charge is 2.17. The maximum atomic E-state index is 4.60. The summed E-state index contributed by atoms with van der Waals surface area (Å²) in [6, 6.07) is 12.8. The van der Waals surface area contributed by atoms with Crippen LogP contribution in [0.4, 0.5) is 5.69 Å². The molecule has 0 bridgehead atoms.